The number of imide groups is 1. The van der Waals surface area contributed by atoms with E-state index in [0.29, 0.717) is 6.54 Å². The Morgan fingerprint density at radius 2 is 2.09 bits per heavy atom. The Bertz CT molecular complexity index is 646. The first-order valence-corrected chi connectivity index (χ1v) is 8.15. The van der Waals surface area contributed by atoms with Gasteiger partial charge in [-0.25, -0.2) is 0 Å². The first-order valence-electron chi connectivity index (χ1n) is 7.27. The van der Waals surface area contributed by atoms with Crippen LogP contribution in [0.2, 0.25) is 0 Å². The number of rotatable bonds is 6. The molecular weight excluding hydrogens is 316 g/mol. The summed E-state index contributed by atoms with van der Waals surface area (Å²) in [5.41, 5.74) is 0. The molecule has 8 heteroatoms. The van der Waals surface area contributed by atoms with Crippen molar-refractivity contribution in [2.75, 3.05) is 13.1 Å². The molecule has 7 nitrogen and oxygen atoms in total. The van der Waals surface area contributed by atoms with Crippen molar-refractivity contribution in [3.63, 3.8) is 0 Å². The first kappa shape index (κ1) is 15.4. The lowest BCUT2D eigenvalue weighted by Gasteiger charge is -2.18. The predicted molar refractivity (Wildman–Crippen MR) is 83.6 cm³/mol. The molecule has 0 aromatic carbocycles. The molecule has 120 valence electrons. The summed E-state index contributed by atoms with van der Waals surface area (Å²) in [6.45, 7) is 0.130. The van der Waals surface area contributed by atoms with E-state index < -0.39 is 0 Å². The van der Waals surface area contributed by atoms with Gasteiger partial charge in [0.2, 0.25) is 17.7 Å². The highest BCUT2D eigenvalue weighted by molar-refractivity contribution is 7.10. The number of aromatic nitrogens is 2. The van der Waals surface area contributed by atoms with Crippen molar-refractivity contribution in [1.82, 2.24) is 20.0 Å². The van der Waals surface area contributed by atoms with Gasteiger partial charge in [-0.3, -0.25) is 24.0 Å². The van der Waals surface area contributed by atoms with Crippen molar-refractivity contribution >= 4 is 29.1 Å². The predicted octanol–water partition coefficient (Wildman–Crippen LogP) is 0.799. The molecule has 0 radical (unpaired) electrons. The van der Waals surface area contributed by atoms with Crippen molar-refractivity contribution in [1.29, 1.82) is 0 Å². The third kappa shape index (κ3) is 3.48. The lowest BCUT2D eigenvalue weighted by molar-refractivity contribution is -0.142. The number of nitrogens with zero attached hydrogens (tertiary/aromatic N) is 3. The van der Waals surface area contributed by atoms with E-state index in [1.165, 1.54) is 0 Å². The molecule has 0 unspecified atom stereocenters. The normalized spacial score (nSPS) is 15.9. The second-order valence-corrected chi connectivity index (χ2v) is 6.17. The van der Waals surface area contributed by atoms with Crippen LogP contribution in [0.3, 0.4) is 0 Å². The highest BCUT2D eigenvalue weighted by Gasteiger charge is 2.30. The van der Waals surface area contributed by atoms with Crippen molar-refractivity contribution in [3.05, 3.63) is 40.8 Å². The Hall–Kier alpha value is -2.48. The summed E-state index contributed by atoms with van der Waals surface area (Å²) >= 11 is 1.58. The van der Waals surface area contributed by atoms with Crippen LogP contribution in [0.15, 0.2) is 36.0 Å². The van der Waals surface area contributed by atoms with Crippen LogP contribution in [0.4, 0.5) is 0 Å². The number of hydrogen-bond donors (Lipinski definition) is 1. The minimum Gasteiger partial charge on any atom is -0.352 e. The van der Waals surface area contributed by atoms with Gasteiger partial charge in [0.05, 0.1) is 0 Å². The van der Waals surface area contributed by atoms with Gasteiger partial charge in [0.1, 0.15) is 12.6 Å². The first-order chi connectivity index (χ1) is 11.1. The summed E-state index contributed by atoms with van der Waals surface area (Å²) in [6, 6.07) is 5.64. The quantitative estimate of drug-likeness (QED) is 0.793. The topological polar surface area (TPSA) is 84.3 Å². The van der Waals surface area contributed by atoms with E-state index in [9.17, 15) is 14.4 Å². The molecule has 1 atom stereocenters. The molecule has 1 aliphatic rings. The maximum atomic E-state index is 12.1. The second-order valence-electron chi connectivity index (χ2n) is 5.19. The fourth-order valence-electron chi connectivity index (χ4n) is 2.48. The molecule has 1 N–H and O–H groups in total. The van der Waals surface area contributed by atoms with Gasteiger partial charge in [-0.2, -0.15) is 5.10 Å². The van der Waals surface area contributed by atoms with Gasteiger partial charge < -0.3 is 5.32 Å². The Morgan fingerprint density at radius 1 is 1.30 bits per heavy atom. The van der Waals surface area contributed by atoms with Crippen molar-refractivity contribution in [2.45, 2.75) is 18.9 Å². The Morgan fingerprint density at radius 3 is 2.70 bits per heavy atom. The molecule has 23 heavy (non-hydrogen) atoms. The molecule has 0 bridgehead atoms. The van der Waals surface area contributed by atoms with Crippen LogP contribution < -0.4 is 5.32 Å². The Labute approximate surface area is 136 Å². The van der Waals surface area contributed by atoms with E-state index in [1.807, 2.05) is 29.8 Å². The average Bonchev–Trinajstić information content (AvgIpc) is 3.27. The van der Waals surface area contributed by atoms with Gasteiger partial charge in [0, 0.05) is 36.7 Å². The van der Waals surface area contributed by atoms with Gasteiger partial charge in [-0.1, -0.05) is 6.07 Å². The van der Waals surface area contributed by atoms with Gasteiger partial charge in [0.15, 0.2) is 0 Å². The Kier molecular flexibility index (Phi) is 4.52. The molecule has 1 fully saturated rings. The average molecular weight is 332 g/mol. The minimum atomic E-state index is -0.345. The minimum absolute atomic E-state index is 0.112. The van der Waals surface area contributed by atoms with Gasteiger partial charge in [-0.05, 0) is 17.5 Å². The molecule has 2 aromatic heterocycles. The number of likely N-dealkylation sites (tertiary alicyclic amines) is 1. The molecule has 0 aliphatic carbocycles. The molecule has 0 saturated carbocycles. The van der Waals surface area contributed by atoms with E-state index >= 15 is 0 Å². The SMILES string of the molecule is O=C(CN1C(=O)CCC1=O)NC[C@@H](c1cccs1)n1cccn1. The maximum Gasteiger partial charge on any atom is 0.240 e. The third-order valence-corrected chi connectivity index (χ3v) is 4.64. The smallest absolute Gasteiger partial charge is 0.240 e. The zero-order chi connectivity index (χ0) is 16.2. The van der Waals surface area contributed by atoms with E-state index in [2.05, 4.69) is 10.4 Å². The molecular formula is C15H16N4O3S. The summed E-state index contributed by atoms with van der Waals surface area (Å²) in [5, 5.41) is 8.99. The number of nitrogens with one attached hydrogen (secondary N) is 1. The summed E-state index contributed by atoms with van der Waals surface area (Å²) in [4.78, 5) is 37.2. The molecule has 3 rings (SSSR count). The zero-order valence-electron chi connectivity index (χ0n) is 12.3. The molecule has 2 aromatic rings. The van der Waals surface area contributed by atoms with E-state index in [4.69, 9.17) is 0 Å². The summed E-state index contributed by atoms with van der Waals surface area (Å²) in [6.07, 6.45) is 3.91. The van der Waals surface area contributed by atoms with Crippen molar-refractivity contribution < 1.29 is 14.4 Å². The number of amides is 3. The van der Waals surface area contributed by atoms with Crippen molar-refractivity contribution in [3.8, 4) is 0 Å². The summed E-state index contributed by atoms with van der Waals surface area (Å²) in [7, 11) is 0. The van der Waals surface area contributed by atoms with Crippen LogP contribution >= 0.6 is 11.3 Å². The van der Waals surface area contributed by atoms with Gasteiger partial charge in [-0.15, -0.1) is 11.3 Å². The van der Waals surface area contributed by atoms with E-state index in [1.54, 1.807) is 22.2 Å². The lowest BCUT2D eigenvalue weighted by atomic mass is 10.2. The van der Waals surface area contributed by atoms with Crippen LogP contribution in [0.25, 0.3) is 0 Å². The fourth-order valence-corrected chi connectivity index (χ4v) is 3.30. The third-order valence-electron chi connectivity index (χ3n) is 3.66. The molecule has 1 saturated heterocycles. The van der Waals surface area contributed by atoms with Crippen LogP contribution in [0.1, 0.15) is 23.8 Å². The molecule has 0 spiro atoms. The second kappa shape index (κ2) is 6.74. The van der Waals surface area contributed by atoms with Crippen LogP contribution in [0.5, 0.6) is 0 Å². The summed E-state index contributed by atoms with van der Waals surface area (Å²) in [5.74, 6) is -0.915. The fraction of sp³-hybridized carbons (Fsp3) is 0.333. The lowest BCUT2D eigenvalue weighted by Crippen LogP contribution is -2.41. The molecule has 1 aliphatic heterocycles. The molecule has 3 heterocycles. The largest absolute Gasteiger partial charge is 0.352 e. The highest BCUT2D eigenvalue weighted by Crippen LogP contribution is 2.21. The summed E-state index contributed by atoms with van der Waals surface area (Å²) < 4.78 is 1.78. The van der Waals surface area contributed by atoms with Gasteiger partial charge in [0.25, 0.3) is 0 Å². The van der Waals surface area contributed by atoms with Gasteiger partial charge >= 0.3 is 0 Å². The maximum absolute atomic E-state index is 12.1. The standard InChI is InChI=1S/C15H16N4O3S/c20-13(10-18-14(21)4-5-15(18)22)16-9-11(12-3-1-8-23-12)19-7-2-6-17-19/h1-3,6-8,11H,4-5,9-10H2,(H,16,20)/t11-/m0/s1. The van der Waals surface area contributed by atoms with Crippen LogP contribution in [0, 0.1) is 0 Å². The monoisotopic (exact) mass is 332 g/mol. The van der Waals surface area contributed by atoms with Crippen LogP contribution in [-0.2, 0) is 14.4 Å². The number of hydrogen-bond acceptors (Lipinski definition) is 5. The Balaban J connectivity index is 1.62. The number of thiophene rings is 1. The van der Waals surface area contributed by atoms with E-state index in [-0.39, 0.29) is 43.1 Å². The number of carbonyl (C=O) groups excluding carboxylic acids is 3. The zero-order valence-corrected chi connectivity index (χ0v) is 13.2. The molecule has 3 amide bonds. The van der Waals surface area contributed by atoms with Crippen molar-refractivity contribution in [2.24, 2.45) is 0 Å². The highest BCUT2D eigenvalue weighted by atomic mass is 32.1. The van der Waals surface area contributed by atoms with E-state index in [0.717, 1.165) is 9.78 Å². The number of carbonyl (C=O) groups is 3. The van der Waals surface area contributed by atoms with Crippen LogP contribution in [-0.4, -0.2) is 45.5 Å².